The molecule has 1 rings (SSSR count). The molecule has 0 aliphatic rings. The van der Waals surface area contributed by atoms with Crippen molar-refractivity contribution >= 4 is 5.57 Å². The van der Waals surface area contributed by atoms with Crippen LogP contribution in [0, 0.1) is 0 Å². The molecule has 0 amide bonds. The number of hydrogen-bond donors (Lipinski definition) is 0. The summed E-state index contributed by atoms with van der Waals surface area (Å²) >= 11 is 0. The second-order valence-electron chi connectivity index (χ2n) is 2.93. The van der Waals surface area contributed by atoms with Gasteiger partial charge in [-0.1, -0.05) is 42.5 Å². The summed E-state index contributed by atoms with van der Waals surface area (Å²) in [4.78, 5) is 0. The number of hydrogen-bond acceptors (Lipinski definition) is 0. The molecule has 0 heteroatoms. The molecule has 0 fully saturated rings. The van der Waals surface area contributed by atoms with Gasteiger partial charge in [0, 0.05) is 0 Å². The van der Waals surface area contributed by atoms with Crippen LogP contribution in [0.5, 0.6) is 0 Å². The summed E-state index contributed by atoms with van der Waals surface area (Å²) in [5.74, 6) is 0. The van der Waals surface area contributed by atoms with Gasteiger partial charge in [0.05, 0.1) is 0 Å². The van der Waals surface area contributed by atoms with Gasteiger partial charge in [-0.25, -0.2) is 0 Å². The largest absolute Gasteiger partial charge is 0.103 e. The molecule has 1 aromatic rings. The van der Waals surface area contributed by atoms with Crippen molar-refractivity contribution in [2.45, 2.75) is 13.3 Å². The van der Waals surface area contributed by atoms with Crippen molar-refractivity contribution in [1.82, 2.24) is 0 Å². The molecule has 12 heavy (non-hydrogen) atoms. The number of allylic oxidation sites excluding steroid dienone is 2. The number of benzene rings is 1. The zero-order chi connectivity index (χ0) is 8.97. The van der Waals surface area contributed by atoms with Gasteiger partial charge in [-0.3, -0.25) is 0 Å². The summed E-state index contributed by atoms with van der Waals surface area (Å²) in [5.41, 5.74) is 3.67. The zero-order valence-electron chi connectivity index (χ0n) is 7.51. The van der Waals surface area contributed by atoms with Crippen molar-refractivity contribution in [3.05, 3.63) is 54.6 Å². The topological polar surface area (TPSA) is 0 Å². The Morgan fingerprint density at radius 1 is 1.42 bits per heavy atom. The summed E-state index contributed by atoms with van der Waals surface area (Å²) in [5, 5.41) is 0. The van der Waals surface area contributed by atoms with E-state index < -0.39 is 0 Å². The monoisotopic (exact) mass is 158 g/mol. The van der Waals surface area contributed by atoms with Crippen LogP contribution in [0.2, 0.25) is 0 Å². The van der Waals surface area contributed by atoms with Crippen LogP contribution in [0.1, 0.15) is 18.1 Å². The van der Waals surface area contributed by atoms with Gasteiger partial charge in [0.15, 0.2) is 0 Å². The van der Waals surface area contributed by atoms with Gasteiger partial charge in [-0.2, -0.15) is 0 Å². The summed E-state index contributed by atoms with van der Waals surface area (Å²) in [6.45, 7) is 9.69. The zero-order valence-corrected chi connectivity index (χ0v) is 7.51. The summed E-state index contributed by atoms with van der Waals surface area (Å²) in [6.07, 6.45) is 2.84. The summed E-state index contributed by atoms with van der Waals surface area (Å²) < 4.78 is 0. The van der Waals surface area contributed by atoms with Crippen molar-refractivity contribution < 1.29 is 0 Å². The molecule has 0 spiro atoms. The van der Waals surface area contributed by atoms with Gasteiger partial charge in [0.2, 0.25) is 0 Å². The fourth-order valence-electron chi connectivity index (χ4n) is 1.27. The molecular weight excluding hydrogens is 144 g/mol. The van der Waals surface area contributed by atoms with Gasteiger partial charge in [0.25, 0.3) is 0 Å². The molecule has 0 unspecified atom stereocenters. The standard InChI is InChI=1S/C12H14/c1-4-7-11-8-5-6-9-12(11)10(2)3/h4-6,8-9H,1-2,7H2,3H3. The molecule has 0 heterocycles. The molecule has 0 nitrogen and oxygen atoms in total. The molecule has 0 aliphatic carbocycles. The van der Waals surface area contributed by atoms with E-state index in [4.69, 9.17) is 0 Å². The molecule has 0 aromatic heterocycles. The maximum absolute atomic E-state index is 3.93. The molecule has 62 valence electrons. The smallest absolute Gasteiger partial charge is 0.00941 e. The SMILES string of the molecule is C=CCc1ccccc1C(=C)C. The highest BCUT2D eigenvalue weighted by Crippen LogP contribution is 2.17. The molecule has 0 saturated carbocycles. The highest BCUT2D eigenvalue weighted by molar-refractivity contribution is 5.64. The lowest BCUT2D eigenvalue weighted by Crippen LogP contribution is -1.88. The van der Waals surface area contributed by atoms with E-state index in [0.29, 0.717) is 0 Å². The average molecular weight is 158 g/mol. The van der Waals surface area contributed by atoms with Crippen LogP contribution in [0.25, 0.3) is 5.57 Å². The van der Waals surface area contributed by atoms with Crippen LogP contribution >= 0.6 is 0 Å². The normalized spacial score (nSPS) is 9.42. The first-order valence-corrected chi connectivity index (χ1v) is 4.10. The quantitative estimate of drug-likeness (QED) is 0.591. The van der Waals surface area contributed by atoms with Crippen molar-refractivity contribution in [2.24, 2.45) is 0 Å². The van der Waals surface area contributed by atoms with E-state index in [1.165, 1.54) is 11.1 Å². The highest BCUT2D eigenvalue weighted by Gasteiger charge is 1.98. The summed E-state index contributed by atoms with van der Waals surface area (Å²) in [6, 6.07) is 8.30. The van der Waals surface area contributed by atoms with Crippen molar-refractivity contribution in [2.75, 3.05) is 0 Å². The molecule has 0 N–H and O–H groups in total. The van der Waals surface area contributed by atoms with Crippen molar-refractivity contribution in [3.63, 3.8) is 0 Å². The lowest BCUT2D eigenvalue weighted by atomic mass is 10.00. The average Bonchev–Trinajstić information content (AvgIpc) is 2.05. The first-order chi connectivity index (χ1) is 5.75. The van der Waals surface area contributed by atoms with Crippen LogP contribution in [0.3, 0.4) is 0 Å². The third kappa shape index (κ3) is 1.85. The fraction of sp³-hybridized carbons (Fsp3) is 0.167. The van der Waals surface area contributed by atoms with Crippen LogP contribution < -0.4 is 0 Å². The minimum absolute atomic E-state index is 0.920. The van der Waals surface area contributed by atoms with Gasteiger partial charge in [0.1, 0.15) is 0 Å². The molecule has 0 bridgehead atoms. The molecule has 0 aliphatic heterocycles. The molecular formula is C12H14. The predicted molar refractivity (Wildman–Crippen MR) is 55.1 cm³/mol. The maximum atomic E-state index is 3.93. The van der Waals surface area contributed by atoms with Crippen LogP contribution in [-0.4, -0.2) is 0 Å². The second-order valence-corrected chi connectivity index (χ2v) is 2.93. The van der Waals surface area contributed by atoms with E-state index in [-0.39, 0.29) is 0 Å². The van der Waals surface area contributed by atoms with E-state index in [1.807, 2.05) is 25.1 Å². The Hall–Kier alpha value is -1.30. The minimum Gasteiger partial charge on any atom is -0.103 e. The lowest BCUT2D eigenvalue weighted by Gasteiger charge is -2.05. The first-order valence-electron chi connectivity index (χ1n) is 4.10. The molecule has 0 radical (unpaired) electrons. The molecule has 1 aromatic carbocycles. The van der Waals surface area contributed by atoms with Gasteiger partial charge in [-0.05, 0) is 24.5 Å². The Morgan fingerprint density at radius 2 is 2.08 bits per heavy atom. The van der Waals surface area contributed by atoms with E-state index in [0.717, 1.165) is 12.0 Å². The first kappa shape index (κ1) is 8.79. The Bertz CT molecular complexity index is 295. The van der Waals surface area contributed by atoms with Crippen LogP contribution in [0.4, 0.5) is 0 Å². The second kappa shape index (κ2) is 3.91. The Kier molecular flexibility index (Phi) is 2.87. The fourth-order valence-corrected chi connectivity index (χ4v) is 1.27. The third-order valence-corrected chi connectivity index (χ3v) is 1.84. The Labute approximate surface area is 74.2 Å². The highest BCUT2D eigenvalue weighted by atomic mass is 14.0. The molecule has 0 atom stereocenters. The van der Waals surface area contributed by atoms with Crippen molar-refractivity contribution in [1.29, 1.82) is 0 Å². The molecule has 0 saturated heterocycles. The maximum Gasteiger partial charge on any atom is -0.00941 e. The van der Waals surface area contributed by atoms with Gasteiger partial charge < -0.3 is 0 Å². The van der Waals surface area contributed by atoms with Crippen molar-refractivity contribution in [3.8, 4) is 0 Å². The van der Waals surface area contributed by atoms with Gasteiger partial charge in [-0.15, -0.1) is 6.58 Å². The third-order valence-electron chi connectivity index (χ3n) is 1.84. The Morgan fingerprint density at radius 3 is 2.67 bits per heavy atom. The van der Waals surface area contributed by atoms with E-state index >= 15 is 0 Å². The van der Waals surface area contributed by atoms with E-state index in [1.54, 1.807) is 0 Å². The van der Waals surface area contributed by atoms with Gasteiger partial charge >= 0.3 is 0 Å². The lowest BCUT2D eigenvalue weighted by molar-refractivity contribution is 1.25. The summed E-state index contributed by atoms with van der Waals surface area (Å²) in [7, 11) is 0. The number of rotatable bonds is 3. The van der Waals surface area contributed by atoms with E-state index in [2.05, 4.69) is 25.3 Å². The van der Waals surface area contributed by atoms with Crippen LogP contribution in [-0.2, 0) is 6.42 Å². The van der Waals surface area contributed by atoms with E-state index in [9.17, 15) is 0 Å². The van der Waals surface area contributed by atoms with Crippen LogP contribution in [0.15, 0.2) is 43.5 Å². The Balaban J connectivity index is 3.07. The minimum atomic E-state index is 0.920. The predicted octanol–water partition coefficient (Wildman–Crippen LogP) is 3.45.